The molecular formula is C28H25ClN2O3. The quantitative estimate of drug-likeness (QED) is 0.567. The molecule has 1 saturated heterocycles. The number of hydrogen-bond donors (Lipinski definition) is 1. The lowest BCUT2D eigenvalue weighted by molar-refractivity contribution is -0.132. The van der Waals surface area contributed by atoms with E-state index in [4.69, 9.17) is 16.3 Å². The number of fused-ring (bicyclic) bond motifs is 1. The number of rotatable bonds is 4. The van der Waals surface area contributed by atoms with Crippen LogP contribution in [0.1, 0.15) is 28.8 Å². The van der Waals surface area contributed by atoms with Crippen molar-refractivity contribution >= 4 is 29.5 Å². The van der Waals surface area contributed by atoms with E-state index < -0.39 is 5.60 Å². The summed E-state index contributed by atoms with van der Waals surface area (Å²) in [7, 11) is 0. The molecule has 0 aromatic heterocycles. The second kappa shape index (κ2) is 9.35. The van der Waals surface area contributed by atoms with Crippen LogP contribution in [-0.2, 0) is 4.79 Å². The van der Waals surface area contributed by atoms with Gasteiger partial charge in [-0.3, -0.25) is 9.59 Å². The third-order valence-corrected chi connectivity index (χ3v) is 6.72. The lowest BCUT2D eigenvalue weighted by Gasteiger charge is -2.42. The van der Waals surface area contributed by atoms with Gasteiger partial charge in [0.2, 0.25) is 5.91 Å². The molecule has 5 nitrogen and oxygen atoms in total. The zero-order chi connectivity index (χ0) is 23.5. The van der Waals surface area contributed by atoms with Crippen LogP contribution in [0.2, 0.25) is 5.02 Å². The third kappa shape index (κ3) is 4.70. The van der Waals surface area contributed by atoms with Crippen LogP contribution in [0, 0.1) is 0 Å². The van der Waals surface area contributed by atoms with Gasteiger partial charge in [0.25, 0.3) is 5.91 Å². The van der Waals surface area contributed by atoms with Crippen molar-refractivity contribution in [1.82, 2.24) is 10.2 Å². The molecule has 172 valence electrons. The molecule has 2 aliphatic rings. The zero-order valence-corrected chi connectivity index (χ0v) is 19.4. The molecule has 2 amide bonds. The molecular weight excluding hydrogens is 448 g/mol. The number of carbonyl (C=O) groups excluding carboxylic acids is 2. The number of amides is 2. The molecule has 3 aromatic rings. The highest BCUT2D eigenvalue weighted by molar-refractivity contribution is 6.30. The molecule has 0 aliphatic carbocycles. The Bertz CT molecular complexity index is 1230. The first-order valence-electron chi connectivity index (χ1n) is 11.4. The van der Waals surface area contributed by atoms with E-state index in [0.29, 0.717) is 36.5 Å². The Balaban J connectivity index is 1.17. The number of hydrogen-bond acceptors (Lipinski definition) is 3. The summed E-state index contributed by atoms with van der Waals surface area (Å²) >= 11 is 5.86. The average molecular weight is 473 g/mol. The summed E-state index contributed by atoms with van der Waals surface area (Å²) in [6.07, 6.45) is 5.68. The summed E-state index contributed by atoms with van der Waals surface area (Å²) in [5.74, 6) is 0.491. The molecule has 6 heteroatoms. The highest BCUT2D eigenvalue weighted by Crippen LogP contribution is 2.38. The second-order valence-electron chi connectivity index (χ2n) is 8.69. The standard InChI is InChI=1S/C28H25ClN2O3/c29-24-9-6-21(7-10-24)27(33)30-19-26(32)31-16-14-28(15-17-31)13-12-23-18-22(8-11-25(23)34-28)20-4-2-1-3-5-20/h1-13,18H,14-17,19H2,(H,30,33). The number of ether oxygens (including phenoxy) is 1. The monoisotopic (exact) mass is 472 g/mol. The van der Waals surface area contributed by atoms with Crippen molar-refractivity contribution < 1.29 is 14.3 Å². The van der Waals surface area contributed by atoms with Gasteiger partial charge in [0.05, 0.1) is 6.54 Å². The topological polar surface area (TPSA) is 58.6 Å². The smallest absolute Gasteiger partial charge is 0.251 e. The van der Waals surface area contributed by atoms with Gasteiger partial charge in [0.15, 0.2) is 0 Å². The van der Waals surface area contributed by atoms with Crippen molar-refractivity contribution in [2.24, 2.45) is 0 Å². The van der Waals surface area contributed by atoms with E-state index in [2.05, 4.69) is 41.7 Å². The number of carbonyl (C=O) groups is 2. The van der Waals surface area contributed by atoms with Gasteiger partial charge in [-0.25, -0.2) is 0 Å². The Morgan fingerprint density at radius 2 is 1.68 bits per heavy atom. The van der Waals surface area contributed by atoms with Crippen LogP contribution in [0.15, 0.2) is 78.9 Å². The van der Waals surface area contributed by atoms with Crippen molar-refractivity contribution in [3.05, 3.63) is 95.0 Å². The van der Waals surface area contributed by atoms with E-state index in [1.165, 1.54) is 5.56 Å². The molecule has 1 N–H and O–H groups in total. The maximum atomic E-state index is 12.7. The van der Waals surface area contributed by atoms with Crippen LogP contribution in [0.25, 0.3) is 17.2 Å². The minimum atomic E-state index is -0.398. The van der Waals surface area contributed by atoms with Gasteiger partial charge in [-0.05, 0) is 53.6 Å². The van der Waals surface area contributed by atoms with Gasteiger partial charge in [-0.1, -0.05) is 54.1 Å². The number of nitrogens with one attached hydrogen (secondary N) is 1. The molecule has 0 atom stereocenters. The number of benzene rings is 3. The lowest BCUT2D eigenvalue weighted by Crippen LogP contribution is -2.51. The van der Waals surface area contributed by atoms with Crippen molar-refractivity contribution in [2.45, 2.75) is 18.4 Å². The molecule has 2 heterocycles. The molecule has 1 fully saturated rings. The molecule has 1 spiro atoms. The largest absolute Gasteiger partial charge is 0.482 e. The summed E-state index contributed by atoms with van der Waals surface area (Å²) in [5, 5.41) is 3.26. The van der Waals surface area contributed by atoms with E-state index in [1.54, 1.807) is 29.2 Å². The molecule has 2 aliphatic heterocycles. The molecule has 0 radical (unpaired) electrons. The number of likely N-dealkylation sites (tertiary alicyclic amines) is 1. The van der Waals surface area contributed by atoms with E-state index in [9.17, 15) is 9.59 Å². The second-order valence-corrected chi connectivity index (χ2v) is 9.13. The average Bonchev–Trinajstić information content (AvgIpc) is 2.88. The predicted octanol–water partition coefficient (Wildman–Crippen LogP) is 5.20. The minimum Gasteiger partial charge on any atom is -0.482 e. The Hall–Kier alpha value is -3.57. The summed E-state index contributed by atoms with van der Waals surface area (Å²) in [4.78, 5) is 26.7. The Labute approximate surface area is 204 Å². The minimum absolute atomic E-state index is 0.0315. The zero-order valence-electron chi connectivity index (χ0n) is 18.7. The molecule has 34 heavy (non-hydrogen) atoms. The van der Waals surface area contributed by atoms with Gasteiger partial charge in [0, 0.05) is 42.1 Å². The van der Waals surface area contributed by atoms with Crippen molar-refractivity contribution in [2.75, 3.05) is 19.6 Å². The fraction of sp³-hybridized carbons (Fsp3) is 0.214. The van der Waals surface area contributed by atoms with Gasteiger partial charge in [0.1, 0.15) is 11.4 Å². The van der Waals surface area contributed by atoms with Gasteiger partial charge >= 0.3 is 0 Å². The van der Waals surface area contributed by atoms with E-state index in [1.807, 2.05) is 24.3 Å². The molecule has 5 rings (SSSR count). The maximum absolute atomic E-state index is 12.7. The SMILES string of the molecule is O=C(NCC(=O)N1CCC2(C=Cc3cc(-c4ccccc4)ccc3O2)CC1)c1ccc(Cl)cc1. The lowest BCUT2D eigenvalue weighted by atomic mass is 9.87. The highest BCUT2D eigenvalue weighted by Gasteiger charge is 2.37. The van der Waals surface area contributed by atoms with Gasteiger partial charge < -0.3 is 15.0 Å². The maximum Gasteiger partial charge on any atom is 0.251 e. The summed E-state index contributed by atoms with van der Waals surface area (Å²) in [6.45, 7) is 1.13. The Kier molecular flexibility index (Phi) is 6.12. The first-order chi connectivity index (χ1) is 16.5. The van der Waals surface area contributed by atoms with E-state index in [0.717, 1.165) is 16.9 Å². The third-order valence-electron chi connectivity index (χ3n) is 6.47. The Morgan fingerprint density at radius 3 is 2.41 bits per heavy atom. The van der Waals surface area contributed by atoms with Crippen LogP contribution >= 0.6 is 11.6 Å². The predicted molar refractivity (Wildman–Crippen MR) is 134 cm³/mol. The Morgan fingerprint density at radius 1 is 0.941 bits per heavy atom. The summed E-state index contributed by atoms with van der Waals surface area (Å²) in [5.41, 5.74) is 3.48. The normalized spacial score (nSPS) is 16.0. The molecule has 0 saturated carbocycles. The van der Waals surface area contributed by atoms with E-state index in [-0.39, 0.29) is 18.4 Å². The van der Waals surface area contributed by atoms with Crippen LogP contribution in [0.3, 0.4) is 0 Å². The molecule has 0 bridgehead atoms. The summed E-state index contributed by atoms with van der Waals surface area (Å²) in [6, 6.07) is 23.1. The van der Waals surface area contributed by atoms with Crippen LogP contribution in [0.4, 0.5) is 0 Å². The first-order valence-corrected chi connectivity index (χ1v) is 11.8. The number of halogens is 1. The van der Waals surface area contributed by atoms with Crippen LogP contribution in [0.5, 0.6) is 5.75 Å². The van der Waals surface area contributed by atoms with Crippen molar-refractivity contribution in [1.29, 1.82) is 0 Å². The van der Waals surface area contributed by atoms with Crippen molar-refractivity contribution in [3.8, 4) is 16.9 Å². The molecule has 0 unspecified atom stereocenters. The molecule has 3 aromatic carbocycles. The first kappa shape index (κ1) is 22.2. The van der Waals surface area contributed by atoms with Gasteiger partial charge in [-0.2, -0.15) is 0 Å². The van der Waals surface area contributed by atoms with Crippen LogP contribution < -0.4 is 10.1 Å². The highest BCUT2D eigenvalue weighted by atomic mass is 35.5. The fourth-order valence-corrected chi connectivity index (χ4v) is 4.58. The van der Waals surface area contributed by atoms with Crippen molar-refractivity contribution in [3.63, 3.8) is 0 Å². The van der Waals surface area contributed by atoms with E-state index >= 15 is 0 Å². The summed E-state index contributed by atoms with van der Waals surface area (Å²) < 4.78 is 6.44. The number of nitrogens with zero attached hydrogens (tertiary/aromatic N) is 1. The number of piperidine rings is 1. The van der Waals surface area contributed by atoms with Gasteiger partial charge in [-0.15, -0.1) is 0 Å². The fourth-order valence-electron chi connectivity index (χ4n) is 4.45. The van der Waals surface area contributed by atoms with Crippen LogP contribution in [-0.4, -0.2) is 41.9 Å².